The van der Waals surface area contributed by atoms with Gasteiger partial charge < -0.3 is 19.0 Å². The number of rotatable bonds is 9. The Hall–Kier alpha value is -2.67. The maximum Gasteiger partial charge on any atom is 0.256 e. The van der Waals surface area contributed by atoms with Crippen LogP contribution in [0.5, 0.6) is 0 Å². The third-order valence-electron chi connectivity index (χ3n) is 5.33. The molecule has 0 aromatic carbocycles. The Bertz CT molecular complexity index is 773. The monoisotopic (exact) mass is 399 g/mol. The first-order valence-electron chi connectivity index (χ1n) is 10.2. The molecule has 0 aliphatic carbocycles. The molecule has 1 aliphatic rings. The molecule has 156 valence electrons. The quantitative estimate of drug-likeness (QED) is 0.648. The van der Waals surface area contributed by atoms with Gasteiger partial charge in [-0.05, 0) is 50.5 Å². The van der Waals surface area contributed by atoms with Crippen LogP contribution in [0.1, 0.15) is 49.2 Å². The van der Waals surface area contributed by atoms with Crippen LogP contribution in [-0.4, -0.2) is 58.4 Å². The fraction of sp³-hybridized carbons (Fsp3) is 0.500. The minimum atomic E-state index is -0.184. The zero-order valence-corrected chi connectivity index (χ0v) is 17.1. The van der Waals surface area contributed by atoms with Crippen molar-refractivity contribution in [2.75, 3.05) is 19.7 Å². The van der Waals surface area contributed by atoms with E-state index in [0.29, 0.717) is 24.4 Å². The number of pyridine rings is 1. The smallest absolute Gasteiger partial charge is 0.256 e. The van der Waals surface area contributed by atoms with Crippen molar-refractivity contribution < 1.29 is 18.7 Å². The lowest BCUT2D eigenvalue weighted by Gasteiger charge is -2.32. The molecule has 7 nitrogen and oxygen atoms in total. The van der Waals surface area contributed by atoms with Crippen LogP contribution in [0.25, 0.3) is 0 Å². The molecule has 3 heterocycles. The minimum Gasteiger partial charge on any atom is -0.467 e. The maximum atomic E-state index is 13.2. The first-order chi connectivity index (χ1) is 14.1. The van der Waals surface area contributed by atoms with Crippen LogP contribution in [0.4, 0.5) is 0 Å². The summed E-state index contributed by atoms with van der Waals surface area (Å²) < 4.78 is 11.2. The molecule has 0 bridgehead atoms. The van der Waals surface area contributed by atoms with Crippen LogP contribution >= 0.6 is 0 Å². The SMILES string of the molecule is CCC(C)N(CC(=O)N(Cc1ccco1)CC1CCCO1)C(=O)c1cccnc1. The number of furan rings is 1. The van der Waals surface area contributed by atoms with Gasteiger partial charge in [-0.15, -0.1) is 0 Å². The number of aromatic nitrogens is 1. The molecule has 2 amide bonds. The molecule has 2 aromatic heterocycles. The Kier molecular flexibility index (Phi) is 7.41. The van der Waals surface area contributed by atoms with Gasteiger partial charge in [0.05, 0.1) is 24.5 Å². The molecule has 2 atom stereocenters. The molecule has 2 aromatic rings. The Labute approximate surface area is 171 Å². The second kappa shape index (κ2) is 10.2. The van der Waals surface area contributed by atoms with Crippen LogP contribution in [0.2, 0.25) is 0 Å². The van der Waals surface area contributed by atoms with Gasteiger partial charge in [0.1, 0.15) is 12.3 Å². The summed E-state index contributed by atoms with van der Waals surface area (Å²) in [7, 11) is 0. The summed E-state index contributed by atoms with van der Waals surface area (Å²) in [5, 5.41) is 0. The zero-order valence-electron chi connectivity index (χ0n) is 17.1. The molecule has 0 spiro atoms. The van der Waals surface area contributed by atoms with Gasteiger partial charge in [0.15, 0.2) is 0 Å². The molecule has 29 heavy (non-hydrogen) atoms. The van der Waals surface area contributed by atoms with Crippen molar-refractivity contribution in [3.8, 4) is 0 Å². The Morgan fingerprint density at radius 3 is 2.79 bits per heavy atom. The normalized spacial score (nSPS) is 17.1. The lowest BCUT2D eigenvalue weighted by atomic mass is 10.1. The zero-order chi connectivity index (χ0) is 20.6. The van der Waals surface area contributed by atoms with Crippen molar-refractivity contribution in [1.29, 1.82) is 0 Å². The molecule has 2 unspecified atom stereocenters. The summed E-state index contributed by atoms with van der Waals surface area (Å²) in [5.41, 5.74) is 0.484. The molecule has 7 heteroatoms. The summed E-state index contributed by atoms with van der Waals surface area (Å²) in [6, 6.07) is 7.04. The number of ether oxygens (including phenoxy) is 1. The van der Waals surface area contributed by atoms with Gasteiger partial charge in [-0.25, -0.2) is 0 Å². The van der Waals surface area contributed by atoms with Crippen molar-refractivity contribution in [2.45, 2.75) is 51.8 Å². The molecule has 1 aliphatic heterocycles. The highest BCUT2D eigenvalue weighted by atomic mass is 16.5. The van der Waals surface area contributed by atoms with Crippen molar-refractivity contribution in [3.63, 3.8) is 0 Å². The first kappa shape index (κ1) is 21.0. The number of nitrogens with zero attached hydrogens (tertiary/aromatic N) is 3. The lowest BCUT2D eigenvalue weighted by Crippen LogP contribution is -2.47. The van der Waals surface area contributed by atoms with Gasteiger partial charge >= 0.3 is 0 Å². The van der Waals surface area contributed by atoms with Gasteiger partial charge in [-0.1, -0.05) is 6.92 Å². The van der Waals surface area contributed by atoms with E-state index in [2.05, 4.69) is 4.98 Å². The van der Waals surface area contributed by atoms with Gasteiger partial charge in [-0.2, -0.15) is 0 Å². The average molecular weight is 399 g/mol. The highest BCUT2D eigenvalue weighted by Gasteiger charge is 2.28. The fourth-order valence-electron chi connectivity index (χ4n) is 3.43. The summed E-state index contributed by atoms with van der Waals surface area (Å²) in [6.45, 7) is 5.56. The summed E-state index contributed by atoms with van der Waals surface area (Å²) in [4.78, 5) is 33.7. The standard InChI is InChI=1S/C22H29N3O4/c1-3-17(2)25(22(27)18-7-4-10-23-13-18)16-21(26)24(14-19-8-5-11-28-19)15-20-9-6-12-29-20/h4-5,7-8,10-11,13,17,20H,3,6,9,12,14-16H2,1-2H3. The van der Waals surface area contributed by atoms with Crippen LogP contribution < -0.4 is 0 Å². The van der Waals surface area contributed by atoms with E-state index in [0.717, 1.165) is 25.9 Å². The van der Waals surface area contributed by atoms with E-state index in [9.17, 15) is 9.59 Å². The minimum absolute atomic E-state index is 0.0101. The Morgan fingerprint density at radius 1 is 1.31 bits per heavy atom. The van der Waals surface area contributed by atoms with Crippen molar-refractivity contribution in [1.82, 2.24) is 14.8 Å². The summed E-state index contributed by atoms with van der Waals surface area (Å²) in [5.74, 6) is 0.412. The van der Waals surface area contributed by atoms with E-state index < -0.39 is 0 Å². The highest BCUT2D eigenvalue weighted by molar-refractivity contribution is 5.96. The van der Waals surface area contributed by atoms with E-state index in [4.69, 9.17) is 9.15 Å². The van der Waals surface area contributed by atoms with Crippen molar-refractivity contribution >= 4 is 11.8 Å². The number of hydrogen-bond acceptors (Lipinski definition) is 5. The highest BCUT2D eigenvalue weighted by Crippen LogP contribution is 2.17. The number of carbonyl (C=O) groups excluding carboxylic acids is 2. The van der Waals surface area contributed by atoms with Crippen molar-refractivity contribution in [2.24, 2.45) is 0 Å². The fourth-order valence-corrected chi connectivity index (χ4v) is 3.43. The maximum absolute atomic E-state index is 13.2. The Balaban J connectivity index is 1.75. The van der Waals surface area contributed by atoms with E-state index in [-0.39, 0.29) is 30.5 Å². The number of carbonyl (C=O) groups is 2. The molecule has 0 N–H and O–H groups in total. The largest absolute Gasteiger partial charge is 0.467 e. The first-order valence-corrected chi connectivity index (χ1v) is 10.2. The molecule has 0 saturated carbocycles. The van der Waals surface area contributed by atoms with E-state index >= 15 is 0 Å². The van der Waals surface area contributed by atoms with Gasteiger partial charge in [0, 0.05) is 31.6 Å². The van der Waals surface area contributed by atoms with E-state index in [1.165, 1.54) is 6.20 Å². The second-order valence-corrected chi connectivity index (χ2v) is 7.42. The Morgan fingerprint density at radius 2 is 2.17 bits per heavy atom. The van der Waals surface area contributed by atoms with Gasteiger partial charge in [0.2, 0.25) is 5.91 Å². The predicted molar refractivity (Wildman–Crippen MR) is 108 cm³/mol. The summed E-state index contributed by atoms with van der Waals surface area (Å²) >= 11 is 0. The molecule has 1 fully saturated rings. The second-order valence-electron chi connectivity index (χ2n) is 7.42. The van der Waals surface area contributed by atoms with E-state index in [1.54, 1.807) is 40.5 Å². The number of hydrogen-bond donors (Lipinski definition) is 0. The molecular weight excluding hydrogens is 370 g/mol. The molecule has 1 saturated heterocycles. The third-order valence-corrected chi connectivity index (χ3v) is 5.33. The van der Waals surface area contributed by atoms with Crippen LogP contribution in [0.3, 0.4) is 0 Å². The number of amides is 2. The lowest BCUT2D eigenvalue weighted by molar-refractivity contribution is -0.134. The van der Waals surface area contributed by atoms with Crippen LogP contribution in [0, 0.1) is 0 Å². The molecular formula is C22H29N3O4. The van der Waals surface area contributed by atoms with Gasteiger partial charge in [-0.3, -0.25) is 14.6 Å². The topological polar surface area (TPSA) is 75.9 Å². The van der Waals surface area contributed by atoms with Gasteiger partial charge in [0.25, 0.3) is 5.91 Å². The average Bonchev–Trinajstić information content (AvgIpc) is 3.45. The molecule has 3 rings (SSSR count). The van der Waals surface area contributed by atoms with Crippen LogP contribution in [0.15, 0.2) is 47.3 Å². The predicted octanol–water partition coefficient (Wildman–Crippen LogP) is 3.12. The van der Waals surface area contributed by atoms with Crippen molar-refractivity contribution in [3.05, 3.63) is 54.2 Å². The molecule has 0 radical (unpaired) electrons. The summed E-state index contributed by atoms with van der Waals surface area (Å²) in [6.07, 6.45) is 7.49. The van der Waals surface area contributed by atoms with Crippen LogP contribution in [-0.2, 0) is 16.1 Å². The third kappa shape index (κ3) is 5.67. The van der Waals surface area contributed by atoms with E-state index in [1.807, 2.05) is 19.9 Å².